The summed E-state index contributed by atoms with van der Waals surface area (Å²) >= 11 is 0. The summed E-state index contributed by atoms with van der Waals surface area (Å²) in [4.78, 5) is 0. The van der Waals surface area contributed by atoms with Crippen LogP contribution in [0.4, 0.5) is 0 Å². The van der Waals surface area contributed by atoms with Crippen LogP contribution < -0.4 is 0 Å². The maximum Gasteiger partial charge on any atom is -0.00201 e. The van der Waals surface area contributed by atoms with Crippen LogP contribution in [0, 0.1) is 0 Å². The van der Waals surface area contributed by atoms with Gasteiger partial charge >= 0.3 is 0 Å². The van der Waals surface area contributed by atoms with Crippen LogP contribution in [0.15, 0.2) is 231 Å². The van der Waals surface area contributed by atoms with Crippen molar-refractivity contribution < 1.29 is 0 Å². The first-order valence-corrected chi connectivity index (χ1v) is 20.9. The number of rotatable bonds is 5. The lowest BCUT2D eigenvalue weighted by Gasteiger charge is -2.21. The van der Waals surface area contributed by atoms with E-state index in [0.717, 1.165) is 0 Å². The molecule has 0 aromatic heterocycles. The fourth-order valence-corrected chi connectivity index (χ4v) is 10.2. The fraction of sp³-hybridized carbons (Fsp3) is 0. The van der Waals surface area contributed by atoms with Crippen LogP contribution in [0.1, 0.15) is 0 Å². The van der Waals surface area contributed by atoms with E-state index in [0.29, 0.717) is 0 Å². The predicted molar refractivity (Wildman–Crippen MR) is 259 cm³/mol. The summed E-state index contributed by atoms with van der Waals surface area (Å²) in [6.07, 6.45) is 0. The largest absolute Gasteiger partial charge is 0.0622 e. The molecule has 0 atom stereocenters. The zero-order chi connectivity index (χ0) is 39.6. The standard InChI is InChI=1S/C60H38/c1-3-19-39(20-4-1)57-47-27-11-15-31-51(47)59(52-32-16-12-28-48(52)57)55-37-35-45(41-23-7-9-25-43(41)55)46-36-38-56(44-26-10-8-24-42(44)46)60-53-33-17-13-29-49(53)58(40-21-5-2-6-22-40)50-30-14-18-34-54(50)60/h1-38H. The smallest absolute Gasteiger partial charge is 0.00201 e. The molecule has 0 radical (unpaired) electrons. The minimum absolute atomic E-state index is 1.24. The quantitative estimate of drug-likeness (QED) is 0.153. The Labute approximate surface area is 349 Å². The van der Waals surface area contributed by atoms with Crippen molar-refractivity contribution in [3.8, 4) is 55.6 Å². The Kier molecular flexibility index (Phi) is 7.96. The van der Waals surface area contributed by atoms with Crippen molar-refractivity contribution in [2.45, 2.75) is 0 Å². The first kappa shape index (κ1) is 34.3. The number of hydrogen-bond acceptors (Lipinski definition) is 0. The summed E-state index contributed by atoms with van der Waals surface area (Å²) in [6, 6.07) is 85.0. The predicted octanol–water partition coefficient (Wildman–Crippen LogP) is 16.9. The molecule has 0 aliphatic heterocycles. The number of hydrogen-bond donors (Lipinski definition) is 0. The van der Waals surface area contributed by atoms with Crippen molar-refractivity contribution in [2.75, 3.05) is 0 Å². The van der Waals surface area contributed by atoms with Gasteiger partial charge in [-0.05, 0) is 120 Å². The molecule has 0 nitrogen and oxygen atoms in total. The highest BCUT2D eigenvalue weighted by atomic mass is 14.2. The van der Waals surface area contributed by atoms with E-state index in [1.54, 1.807) is 0 Å². The normalized spacial score (nSPS) is 11.7. The van der Waals surface area contributed by atoms with Crippen LogP contribution in [-0.2, 0) is 0 Å². The molecule has 0 aliphatic rings. The lowest BCUT2D eigenvalue weighted by atomic mass is 9.82. The third-order valence-corrected chi connectivity index (χ3v) is 12.7. The van der Waals surface area contributed by atoms with Gasteiger partial charge in [-0.2, -0.15) is 0 Å². The molecule has 0 amide bonds. The molecule has 60 heavy (non-hydrogen) atoms. The van der Waals surface area contributed by atoms with Crippen LogP contribution in [0.3, 0.4) is 0 Å². The van der Waals surface area contributed by atoms with Gasteiger partial charge in [0.2, 0.25) is 0 Å². The maximum absolute atomic E-state index is 2.38. The monoisotopic (exact) mass is 758 g/mol. The molecule has 0 saturated heterocycles. The fourth-order valence-electron chi connectivity index (χ4n) is 10.2. The zero-order valence-electron chi connectivity index (χ0n) is 32.9. The van der Waals surface area contributed by atoms with Crippen LogP contribution in [0.25, 0.3) is 120 Å². The van der Waals surface area contributed by atoms with Gasteiger partial charge < -0.3 is 0 Å². The molecular formula is C60H38. The van der Waals surface area contributed by atoms with Crippen LogP contribution in [0.5, 0.6) is 0 Å². The highest BCUT2D eigenvalue weighted by molar-refractivity contribution is 6.26. The van der Waals surface area contributed by atoms with Crippen molar-refractivity contribution >= 4 is 64.6 Å². The highest BCUT2D eigenvalue weighted by Gasteiger charge is 2.22. The van der Waals surface area contributed by atoms with E-state index in [4.69, 9.17) is 0 Å². The summed E-state index contributed by atoms with van der Waals surface area (Å²) in [5, 5.41) is 15.1. The SMILES string of the molecule is c1ccc(-c2c3ccccc3c(-c3ccc(-c4ccc(-c5c6ccccc6c(-c6ccccc6)c6ccccc56)c5ccccc45)c4ccccc34)c3ccccc23)cc1. The van der Waals surface area contributed by atoms with Gasteiger partial charge in [-0.15, -0.1) is 0 Å². The van der Waals surface area contributed by atoms with E-state index >= 15 is 0 Å². The first-order valence-electron chi connectivity index (χ1n) is 20.9. The Morgan fingerprint density at radius 1 is 0.133 bits per heavy atom. The summed E-state index contributed by atoms with van der Waals surface area (Å²) in [6.45, 7) is 0. The van der Waals surface area contributed by atoms with E-state index in [-0.39, 0.29) is 0 Å². The average molecular weight is 759 g/mol. The maximum atomic E-state index is 2.38. The van der Waals surface area contributed by atoms with Crippen molar-refractivity contribution in [1.29, 1.82) is 0 Å². The average Bonchev–Trinajstić information content (AvgIpc) is 3.32. The Balaban J connectivity index is 1.10. The molecule has 0 N–H and O–H groups in total. The topological polar surface area (TPSA) is 0 Å². The Morgan fingerprint density at radius 3 is 0.617 bits per heavy atom. The molecule has 0 spiro atoms. The second-order valence-corrected chi connectivity index (χ2v) is 15.8. The molecule has 0 aliphatic carbocycles. The molecule has 0 bridgehead atoms. The highest BCUT2D eigenvalue weighted by Crippen LogP contribution is 2.49. The molecule has 12 aromatic carbocycles. The Morgan fingerprint density at radius 2 is 0.333 bits per heavy atom. The molecule has 12 aromatic rings. The lowest BCUT2D eigenvalue weighted by Crippen LogP contribution is -1.94. The van der Waals surface area contributed by atoms with Gasteiger partial charge in [0, 0.05) is 0 Å². The summed E-state index contributed by atoms with van der Waals surface area (Å²) < 4.78 is 0. The van der Waals surface area contributed by atoms with Crippen LogP contribution in [0.2, 0.25) is 0 Å². The number of benzene rings is 12. The lowest BCUT2D eigenvalue weighted by molar-refractivity contribution is 1.65. The first-order chi connectivity index (χ1) is 29.8. The van der Waals surface area contributed by atoms with Gasteiger partial charge in [0.05, 0.1) is 0 Å². The summed E-state index contributed by atoms with van der Waals surface area (Å²) in [5.74, 6) is 0. The molecule has 278 valence electrons. The molecule has 12 rings (SSSR count). The third kappa shape index (κ3) is 5.25. The van der Waals surface area contributed by atoms with Crippen molar-refractivity contribution in [3.63, 3.8) is 0 Å². The van der Waals surface area contributed by atoms with Gasteiger partial charge in [0.15, 0.2) is 0 Å². The van der Waals surface area contributed by atoms with Crippen LogP contribution in [-0.4, -0.2) is 0 Å². The van der Waals surface area contributed by atoms with E-state index in [9.17, 15) is 0 Å². The second-order valence-electron chi connectivity index (χ2n) is 15.8. The molecule has 0 unspecified atom stereocenters. The van der Waals surface area contributed by atoms with E-state index in [2.05, 4.69) is 231 Å². The number of fused-ring (bicyclic) bond motifs is 6. The molecular weight excluding hydrogens is 721 g/mol. The van der Waals surface area contributed by atoms with Crippen molar-refractivity contribution in [2.24, 2.45) is 0 Å². The van der Waals surface area contributed by atoms with Crippen LogP contribution >= 0.6 is 0 Å². The zero-order valence-corrected chi connectivity index (χ0v) is 32.9. The molecule has 0 heteroatoms. The van der Waals surface area contributed by atoms with Crippen molar-refractivity contribution in [3.05, 3.63) is 231 Å². The summed E-state index contributed by atoms with van der Waals surface area (Å²) in [7, 11) is 0. The Hall–Kier alpha value is -7.80. The summed E-state index contributed by atoms with van der Waals surface area (Å²) in [5.41, 5.74) is 12.6. The van der Waals surface area contributed by atoms with Gasteiger partial charge in [-0.3, -0.25) is 0 Å². The Bertz CT molecular complexity index is 3280. The van der Waals surface area contributed by atoms with E-state index in [1.807, 2.05) is 0 Å². The van der Waals surface area contributed by atoms with Gasteiger partial charge in [0.1, 0.15) is 0 Å². The molecule has 0 heterocycles. The van der Waals surface area contributed by atoms with Gasteiger partial charge in [-0.1, -0.05) is 231 Å². The molecule has 0 saturated carbocycles. The third-order valence-electron chi connectivity index (χ3n) is 12.7. The van der Waals surface area contributed by atoms with Gasteiger partial charge in [0.25, 0.3) is 0 Å². The van der Waals surface area contributed by atoms with E-state index < -0.39 is 0 Å². The van der Waals surface area contributed by atoms with Crippen molar-refractivity contribution in [1.82, 2.24) is 0 Å². The minimum Gasteiger partial charge on any atom is -0.0622 e. The minimum atomic E-state index is 1.24. The molecule has 0 fully saturated rings. The second kappa shape index (κ2) is 13.9. The van der Waals surface area contributed by atoms with E-state index in [1.165, 1.54) is 120 Å². The van der Waals surface area contributed by atoms with Gasteiger partial charge in [-0.25, -0.2) is 0 Å².